The quantitative estimate of drug-likeness (QED) is 0.670. The molecule has 4 nitrogen and oxygen atoms in total. The smallest absolute Gasteiger partial charge is 0.199 e. The lowest BCUT2D eigenvalue weighted by Crippen LogP contribution is -1.96. The summed E-state index contributed by atoms with van der Waals surface area (Å²) in [5, 5.41) is 0.372. The van der Waals surface area contributed by atoms with E-state index in [0.717, 1.165) is 11.3 Å². The summed E-state index contributed by atoms with van der Waals surface area (Å²) in [6.07, 6.45) is 3.30. The summed E-state index contributed by atoms with van der Waals surface area (Å²) in [5.41, 5.74) is 1.73. The molecule has 19 heavy (non-hydrogen) atoms. The molecule has 2 aromatic heterocycles. The summed E-state index contributed by atoms with van der Waals surface area (Å²) < 4.78 is 0. The van der Waals surface area contributed by atoms with Gasteiger partial charge in [0.25, 0.3) is 0 Å². The van der Waals surface area contributed by atoms with Crippen molar-refractivity contribution in [3.05, 3.63) is 60.0 Å². The molecule has 0 unspecified atom stereocenters. The van der Waals surface area contributed by atoms with Crippen LogP contribution in [0.5, 0.6) is 0 Å². The van der Waals surface area contributed by atoms with E-state index in [-0.39, 0.29) is 0 Å². The highest BCUT2D eigenvalue weighted by molar-refractivity contribution is 6.29. The maximum Gasteiger partial charge on any atom is 0.199 e. The first-order valence-electron chi connectivity index (χ1n) is 5.70. The minimum Gasteiger partial charge on any atom is -0.234 e. The first-order chi connectivity index (χ1) is 9.33. The van der Waals surface area contributed by atoms with E-state index in [2.05, 4.69) is 19.9 Å². The summed E-state index contributed by atoms with van der Waals surface area (Å²) in [6, 6.07) is 13.2. The van der Waals surface area contributed by atoms with Crippen LogP contribution in [0.1, 0.15) is 0 Å². The summed E-state index contributed by atoms with van der Waals surface area (Å²) in [5.74, 6) is 0.883. The van der Waals surface area contributed by atoms with Crippen molar-refractivity contribution in [3.8, 4) is 22.9 Å². The van der Waals surface area contributed by atoms with Crippen molar-refractivity contribution in [1.29, 1.82) is 0 Å². The average Bonchev–Trinajstić information content (AvgIpc) is 2.48. The Labute approximate surface area is 115 Å². The van der Waals surface area contributed by atoms with Gasteiger partial charge in [-0.2, -0.15) is 0 Å². The number of halogens is 1. The number of hydrogen-bond donors (Lipinski definition) is 0. The Bertz CT molecular complexity index is 629. The van der Waals surface area contributed by atoms with E-state index in [9.17, 15) is 0 Å². The molecule has 0 bridgehead atoms. The van der Waals surface area contributed by atoms with E-state index in [1.54, 1.807) is 24.5 Å². The number of aromatic nitrogens is 4. The minimum absolute atomic E-state index is 0.372. The van der Waals surface area contributed by atoms with Crippen LogP contribution in [0, 0.1) is 0 Å². The van der Waals surface area contributed by atoms with Gasteiger partial charge < -0.3 is 0 Å². The van der Waals surface area contributed by atoms with Crippen molar-refractivity contribution < 1.29 is 0 Å². The molecule has 0 radical (unpaired) electrons. The lowest BCUT2D eigenvalue weighted by molar-refractivity contribution is 1.08. The van der Waals surface area contributed by atoms with E-state index < -0.39 is 0 Å². The van der Waals surface area contributed by atoms with Crippen LogP contribution in [-0.2, 0) is 0 Å². The third-order valence-electron chi connectivity index (χ3n) is 2.53. The van der Waals surface area contributed by atoms with Crippen molar-refractivity contribution in [2.75, 3.05) is 0 Å². The normalized spacial score (nSPS) is 10.4. The van der Waals surface area contributed by atoms with Crippen LogP contribution in [0.3, 0.4) is 0 Å². The molecule has 0 atom stereocenters. The standard InChI is InChI=1S/C14H9ClN4/c15-12-9-11(10-5-2-1-3-6-10)18-14(19-12)13-16-7-4-8-17-13/h1-9H. The molecule has 0 fully saturated rings. The number of hydrogen-bond acceptors (Lipinski definition) is 4. The maximum atomic E-state index is 6.04. The van der Waals surface area contributed by atoms with Gasteiger partial charge in [0, 0.05) is 24.0 Å². The van der Waals surface area contributed by atoms with Gasteiger partial charge in [0.2, 0.25) is 0 Å². The third kappa shape index (κ3) is 2.58. The fraction of sp³-hybridized carbons (Fsp3) is 0. The maximum absolute atomic E-state index is 6.04. The fourth-order valence-corrected chi connectivity index (χ4v) is 1.87. The molecule has 3 rings (SSSR count). The molecule has 0 amide bonds. The highest BCUT2D eigenvalue weighted by Gasteiger charge is 2.09. The summed E-state index contributed by atoms with van der Waals surface area (Å²) in [6.45, 7) is 0. The second-order valence-corrected chi connectivity index (χ2v) is 4.23. The molecular weight excluding hydrogens is 260 g/mol. The molecule has 0 aliphatic carbocycles. The average molecular weight is 269 g/mol. The molecule has 0 saturated heterocycles. The van der Waals surface area contributed by atoms with E-state index in [1.165, 1.54) is 0 Å². The van der Waals surface area contributed by atoms with Crippen LogP contribution in [0.2, 0.25) is 5.15 Å². The van der Waals surface area contributed by atoms with Crippen molar-refractivity contribution in [3.63, 3.8) is 0 Å². The SMILES string of the molecule is Clc1cc(-c2ccccc2)nc(-c2ncccn2)n1. The van der Waals surface area contributed by atoms with Crippen LogP contribution in [-0.4, -0.2) is 19.9 Å². The number of nitrogens with zero attached hydrogens (tertiary/aromatic N) is 4. The number of rotatable bonds is 2. The summed E-state index contributed by atoms with van der Waals surface area (Å²) in [7, 11) is 0. The second-order valence-electron chi connectivity index (χ2n) is 3.84. The molecule has 0 spiro atoms. The highest BCUT2D eigenvalue weighted by atomic mass is 35.5. The van der Waals surface area contributed by atoms with Gasteiger partial charge in [-0.05, 0) is 6.07 Å². The topological polar surface area (TPSA) is 51.6 Å². The van der Waals surface area contributed by atoms with Gasteiger partial charge in [-0.3, -0.25) is 0 Å². The first kappa shape index (κ1) is 11.7. The lowest BCUT2D eigenvalue weighted by atomic mass is 10.1. The first-order valence-corrected chi connectivity index (χ1v) is 6.08. The van der Waals surface area contributed by atoms with Crippen molar-refractivity contribution in [2.45, 2.75) is 0 Å². The van der Waals surface area contributed by atoms with Crippen molar-refractivity contribution in [2.24, 2.45) is 0 Å². The Balaban J connectivity index is 2.12. The predicted molar refractivity (Wildman–Crippen MR) is 73.5 cm³/mol. The van der Waals surface area contributed by atoms with Crippen molar-refractivity contribution in [1.82, 2.24) is 19.9 Å². The van der Waals surface area contributed by atoms with Crippen LogP contribution < -0.4 is 0 Å². The Kier molecular flexibility index (Phi) is 3.16. The third-order valence-corrected chi connectivity index (χ3v) is 2.72. The molecule has 0 saturated carbocycles. The van der Waals surface area contributed by atoms with Gasteiger partial charge in [0.1, 0.15) is 5.15 Å². The van der Waals surface area contributed by atoms with Gasteiger partial charge in [0.05, 0.1) is 5.69 Å². The summed E-state index contributed by atoms with van der Waals surface area (Å²) in [4.78, 5) is 16.9. The molecule has 0 aliphatic heterocycles. The highest BCUT2D eigenvalue weighted by Crippen LogP contribution is 2.22. The zero-order chi connectivity index (χ0) is 13.1. The van der Waals surface area contributed by atoms with E-state index in [0.29, 0.717) is 16.8 Å². The van der Waals surface area contributed by atoms with Crippen LogP contribution in [0.15, 0.2) is 54.9 Å². The lowest BCUT2D eigenvalue weighted by Gasteiger charge is -2.04. The van der Waals surface area contributed by atoms with E-state index in [4.69, 9.17) is 11.6 Å². The zero-order valence-electron chi connectivity index (χ0n) is 9.86. The molecular formula is C14H9ClN4. The van der Waals surface area contributed by atoms with Gasteiger partial charge >= 0.3 is 0 Å². The molecule has 1 aromatic carbocycles. The van der Waals surface area contributed by atoms with E-state index in [1.807, 2.05) is 30.3 Å². The van der Waals surface area contributed by atoms with Gasteiger partial charge in [-0.25, -0.2) is 19.9 Å². The number of benzene rings is 1. The van der Waals surface area contributed by atoms with E-state index >= 15 is 0 Å². The Morgan fingerprint density at radius 2 is 1.53 bits per heavy atom. The monoisotopic (exact) mass is 268 g/mol. The molecule has 0 aliphatic rings. The Hall–Kier alpha value is -2.33. The Morgan fingerprint density at radius 1 is 0.789 bits per heavy atom. The van der Waals surface area contributed by atoms with Crippen LogP contribution >= 0.6 is 11.6 Å². The molecule has 0 N–H and O–H groups in total. The van der Waals surface area contributed by atoms with Gasteiger partial charge in [0.15, 0.2) is 11.6 Å². The summed E-state index contributed by atoms with van der Waals surface area (Å²) >= 11 is 6.04. The zero-order valence-corrected chi connectivity index (χ0v) is 10.6. The van der Waals surface area contributed by atoms with Gasteiger partial charge in [-0.15, -0.1) is 0 Å². The minimum atomic E-state index is 0.372. The Morgan fingerprint density at radius 3 is 2.26 bits per heavy atom. The van der Waals surface area contributed by atoms with Crippen LogP contribution in [0.4, 0.5) is 0 Å². The van der Waals surface area contributed by atoms with Gasteiger partial charge in [-0.1, -0.05) is 41.9 Å². The fourth-order valence-electron chi connectivity index (χ4n) is 1.69. The molecule has 92 valence electrons. The predicted octanol–water partition coefficient (Wildman–Crippen LogP) is 3.25. The van der Waals surface area contributed by atoms with Crippen molar-refractivity contribution >= 4 is 11.6 Å². The molecule has 2 heterocycles. The largest absolute Gasteiger partial charge is 0.234 e. The molecule has 5 heteroatoms. The van der Waals surface area contributed by atoms with Crippen LogP contribution in [0.25, 0.3) is 22.9 Å². The second kappa shape index (κ2) is 5.12. The molecule has 3 aromatic rings.